The number of hydrogen-bond acceptors (Lipinski definition) is 2. The molecule has 1 aliphatic rings. The summed E-state index contributed by atoms with van der Waals surface area (Å²) in [5.74, 6) is -31.1. The van der Waals surface area contributed by atoms with Crippen LogP contribution in [0.2, 0.25) is 0 Å². The summed E-state index contributed by atoms with van der Waals surface area (Å²) in [6, 6.07) is -2.39. The third kappa shape index (κ3) is 6.18. The number of alkyl halides is 14. The van der Waals surface area contributed by atoms with Gasteiger partial charge in [-0.25, -0.2) is 9.59 Å². The second-order valence-corrected chi connectivity index (χ2v) is 8.62. The van der Waals surface area contributed by atoms with Crippen molar-refractivity contribution in [1.82, 2.24) is 10.6 Å². The van der Waals surface area contributed by atoms with Gasteiger partial charge in [0.05, 0.1) is 5.54 Å². The van der Waals surface area contributed by atoms with Crippen LogP contribution in [0.15, 0.2) is 0 Å². The van der Waals surface area contributed by atoms with E-state index in [4.69, 9.17) is 10.2 Å². The van der Waals surface area contributed by atoms with Gasteiger partial charge in [-0.1, -0.05) is 6.92 Å². The normalized spacial score (nSPS) is 26.5. The summed E-state index contributed by atoms with van der Waals surface area (Å²) in [5, 5.41) is 20.3. The van der Waals surface area contributed by atoms with E-state index in [1.54, 1.807) is 0 Å². The van der Waals surface area contributed by atoms with Gasteiger partial charge in [0, 0.05) is 24.8 Å². The van der Waals surface area contributed by atoms with Crippen LogP contribution in [0, 0.1) is 11.8 Å². The third-order valence-corrected chi connectivity index (χ3v) is 6.09. The fourth-order valence-corrected chi connectivity index (χ4v) is 4.26. The van der Waals surface area contributed by atoms with E-state index in [2.05, 4.69) is 0 Å². The molecule has 4 unspecified atom stereocenters. The zero-order chi connectivity index (χ0) is 29.6. The Kier molecular flexibility index (Phi) is 8.54. The Balaban J connectivity index is 3.86. The van der Waals surface area contributed by atoms with Crippen molar-refractivity contribution in [2.24, 2.45) is 11.8 Å². The van der Waals surface area contributed by atoms with Crippen LogP contribution in [0.5, 0.6) is 0 Å². The molecule has 0 aromatic heterocycles. The SMILES string of the molecule is CC1CCC(CC(F)(F)C(F)(F)C(F)(F)F)(NC(=O)O)C(CC(F)(F)C(F)(F)C(F)(F)F)C1NC(=O)O. The molecule has 0 radical (unpaired) electrons. The van der Waals surface area contributed by atoms with Gasteiger partial charge in [0.15, 0.2) is 0 Å². The molecule has 37 heavy (non-hydrogen) atoms. The lowest BCUT2D eigenvalue weighted by molar-refractivity contribution is -0.364. The van der Waals surface area contributed by atoms with Gasteiger partial charge in [-0.3, -0.25) is 0 Å². The van der Waals surface area contributed by atoms with Crippen LogP contribution in [-0.4, -0.2) is 70.0 Å². The topological polar surface area (TPSA) is 98.7 Å². The van der Waals surface area contributed by atoms with Crippen molar-refractivity contribution in [3.8, 4) is 0 Å². The largest absolute Gasteiger partial charge is 0.465 e. The molecule has 4 N–H and O–H groups in total. The van der Waals surface area contributed by atoms with Crippen LogP contribution in [0.3, 0.4) is 0 Å². The molecule has 0 spiro atoms. The van der Waals surface area contributed by atoms with Crippen LogP contribution in [0.1, 0.15) is 32.6 Å². The molecule has 1 rings (SSSR count). The Labute approximate surface area is 197 Å². The minimum Gasteiger partial charge on any atom is -0.465 e. The molecule has 0 aromatic rings. The van der Waals surface area contributed by atoms with Gasteiger partial charge >= 0.3 is 48.2 Å². The lowest BCUT2D eigenvalue weighted by atomic mass is 9.61. The highest BCUT2D eigenvalue weighted by Gasteiger charge is 2.77. The average molecular weight is 580 g/mol. The summed E-state index contributed by atoms with van der Waals surface area (Å²) >= 11 is 0. The van der Waals surface area contributed by atoms with Crippen molar-refractivity contribution in [3.63, 3.8) is 0 Å². The van der Waals surface area contributed by atoms with Crippen LogP contribution < -0.4 is 10.6 Å². The number of halogens is 14. The first-order valence-electron chi connectivity index (χ1n) is 9.80. The first kappa shape index (κ1) is 32.6. The van der Waals surface area contributed by atoms with Gasteiger partial charge < -0.3 is 20.8 Å². The van der Waals surface area contributed by atoms with Gasteiger partial charge in [0.1, 0.15) is 0 Å². The van der Waals surface area contributed by atoms with Gasteiger partial charge in [0.25, 0.3) is 0 Å². The molecule has 0 saturated heterocycles. The van der Waals surface area contributed by atoms with Crippen molar-refractivity contribution >= 4 is 12.2 Å². The van der Waals surface area contributed by atoms with E-state index >= 15 is 0 Å². The second kappa shape index (κ2) is 9.70. The van der Waals surface area contributed by atoms with E-state index in [0.29, 0.717) is 0 Å². The predicted octanol–water partition coefficient (Wildman–Crippen LogP) is 6.12. The maximum atomic E-state index is 14.3. The highest BCUT2D eigenvalue weighted by molar-refractivity contribution is 5.66. The van der Waals surface area contributed by atoms with E-state index in [0.717, 1.165) is 12.2 Å². The van der Waals surface area contributed by atoms with Gasteiger partial charge in [-0.2, -0.15) is 61.5 Å². The number of nitrogens with one attached hydrogen (secondary N) is 2. The number of carbonyl (C=O) groups is 2. The molecular formula is C17H18F14N2O4. The molecule has 0 aromatic carbocycles. The smallest absolute Gasteiger partial charge is 0.459 e. The van der Waals surface area contributed by atoms with Crippen molar-refractivity contribution in [2.75, 3.05) is 0 Å². The van der Waals surface area contributed by atoms with Crippen LogP contribution >= 0.6 is 0 Å². The molecule has 1 fully saturated rings. The summed E-state index contributed by atoms with van der Waals surface area (Å²) in [4.78, 5) is 22.4. The van der Waals surface area contributed by atoms with Crippen LogP contribution in [-0.2, 0) is 0 Å². The van der Waals surface area contributed by atoms with Crippen molar-refractivity contribution in [3.05, 3.63) is 0 Å². The predicted molar refractivity (Wildman–Crippen MR) is 91.9 cm³/mol. The van der Waals surface area contributed by atoms with E-state index in [-0.39, 0.29) is 0 Å². The molecule has 0 heterocycles. The summed E-state index contributed by atoms with van der Waals surface area (Å²) < 4.78 is 187. The fourth-order valence-electron chi connectivity index (χ4n) is 4.26. The highest BCUT2D eigenvalue weighted by Crippen LogP contribution is 2.56. The van der Waals surface area contributed by atoms with Gasteiger partial charge in [-0.15, -0.1) is 0 Å². The third-order valence-electron chi connectivity index (χ3n) is 6.09. The molecular weight excluding hydrogens is 562 g/mol. The van der Waals surface area contributed by atoms with Crippen LogP contribution in [0.25, 0.3) is 0 Å². The van der Waals surface area contributed by atoms with Gasteiger partial charge in [-0.05, 0) is 18.8 Å². The molecule has 6 nitrogen and oxygen atoms in total. The monoisotopic (exact) mass is 580 g/mol. The first-order valence-corrected chi connectivity index (χ1v) is 9.80. The Morgan fingerprint density at radius 1 is 0.784 bits per heavy atom. The summed E-state index contributed by atoms with van der Waals surface area (Å²) in [7, 11) is 0. The second-order valence-electron chi connectivity index (χ2n) is 8.62. The Morgan fingerprint density at radius 2 is 1.22 bits per heavy atom. The Hall–Kier alpha value is -2.44. The number of carboxylic acid groups (broad SMARTS) is 2. The standard InChI is InChI=1S/C17H18F14N2O4/c1-6-2-3-11(33-10(36)37,5-13(20,21)15(24,25)17(29,30)31)7(8(6)32-9(34)35)4-12(18,19)14(22,23)16(26,27)28/h6-8,32-33H,2-5H2,1H3,(H,34,35)(H,36,37). The molecule has 2 amide bonds. The fraction of sp³-hybridized carbons (Fsp3) is 0.882. The molecule has 1 aliphatic carbocycles. The maximum Gasteiger partial charge on any atom is 0.459 e. The summed E-state index contributed by atoms with van der Waals surface area (Å²) in [6.45, 7) is 0.931. The quantitative estimate of drug-likeness (QED) is 0.260. The molecule has 20 heteroatoms. The highest BCUT2D eigenvalue weighted by atomic mass is 19.4. The minimum absolute atomic E-state index is 0.753. The van der Waals surface area contributed by atoms with E-state index < -0.39 is 97.3 Å². The molecule has 4 atom stereocenters. The lowest BCUT2D eigenvalue weighted by Crippen LogP contribution is -2.69. The molecule has 1 saturated carbocycles. The van der Waals surface area contributed by atoms with Crippen molar-refractivity contribution < 1.29 is 81.3 Å². The number of rotatable bonds is 8. The van der Waals surface area contributed by atoms with Crippen molar-refractivity contribution in [1.29, 1.82) is 0 Å². The van der Waals surface area contributed by atoms with E-state index in [1.807, 2.05) is 0 Å². The zero-order valence-electron chi connectivity index (χ0n) is 18.1. The summed E-state index contributed by atoms with van der Waals surface area (Å²) in [6.07, 6.45) is -26.9. The maximum absolute atomic E-state index is 14.3. The minimum atomic E-state index is -7.01. The van der Waals surface area contributed by atoms with Gasteiger partial charge in [0.2, 0.25) is 0 Å². The Morgan fingerprint density at radius 3 is 1.59 bits per heavy atom. The number of hydrogen-bond donors (Lipinski definition) is 4. The van der Waals surface area contributed by atoms with Crippen molar-refractivity contribution in [2.45, 2.75) is 80.2 Å². The molecule has 218 valence electrons. The zero-order valence-corrected chi connectivity index (χ0v) is 18.1. The molecule has 0 aliphatic heterocycles. The number of amides is 2. The summed E-state index contributed by atoms with van der Waals surface area (Å²) in [5.41, 5.74) is -3.67. The lowest BCUT2D eigenvalue weighted by Gasteiger charge is -2.52. The van der Waals surface area contributed by atoms with Crippen LogP contribution in [0.4, 0.5) is 71.1 Å². The average Bonchev–Trinajstić information content (AvgIpc) is 2.64. The van der Waals surface area contributed by atoms with E-state index in [9.17, 15) is 71.1 Å². The molecule has 0 bridgehead atoms. The van der Waals surface area contributed by atoms with E-state index in [1.165, 1.54) is 5.32 Å². The Bertz CT molecular complexity index is 860. The first-order chi connectivity index (χ1) is 16.2.